The molecule has 0 aromatic heterocycles. The van der Waals surface area contributed by atoms with Gasteiger partial charge in [0.2, 0.25) is 0 Å². The van der Waals surface area contributed by atoms with E-state index in [0.717, 1.165) is 5.92 Å². The zero-order chi connectivity index (χ0) is 12.2. The van der Waals surface area contributed by atoms with Crippen molar-refractivity contribution in [2.75, 3.05) is 12.3 Å². The molecule has 1 N–H and O–H groups in total. The lowest BCUT2D eigenvalue weighted by Crippen LogP contribution is -2.29. The molecule has 1 aromatic rings. The van der Waals surface area contributed by atoms with Gasteiger partial charge in [0, 0.05) is 10.9 Å². The molecule has 2 aliphatic rings. The molecule has 0 bridgehead atoms. The minimum absolute atomic E-state index is 0.577. The molecule has 18 heavy (non-hydrogen) atoms. The highest BCUT2D eigenvalue weighted by Crippen LogP contribution is 2.36. The zero-order valence-corrected chi connectivity index (χ0v) is 11.6. The first-order chi connectivity index (χ1) is 8.93. The average Bonchev–Trinajstić information content (AvgIpc) is 2.46. The molecule has 0 radical (unpaired) electrons. The van der Waals surface area contributed by atoms with Crippen LogP contribution in [0.2, 0.25) is 0 Å². The summed E-state index contributed by atoms with van der Waals surface area (Å²) in [6.07, 6.45) is 9.82. The molecule has 3 rings (SSSR count). The maximum Gasteiger partial charge on any atom is 0.0339 e. The summed E-state index contributed by atoms with van der Waals surface area (Å²) >= 11 is 2.00. The van der Waals surface area contributed by atoms with Crippen molar-refractivity contribution in [1.82, 2.24) is 5.32 Å². The Hall–Kier alpha value is -0.730. The number of benzene rings is 1. The summed E-state index contributed by atoms with van der Waals surface area (Å²) in [6.45, 7) is 1.17. The van der Waals surface area contributed by atoms with Crippen LogP contribution in [0.3, 0.4) is 0 Å². The molecule has 0 spiro atoms. The quantitative estimate of drug-likeness (QED) is 0.818. The van der Waals surface area contributed by atoms with Crippen LogP contribution in [0.25, 0.3) is 0 Å². The molecule has 0 saturated carbocycles. The lowest BCUT2D eigenvalue weighted by Gasteiger charge is -2.28. The molecule has 0 amide bonds. The van der Waals surface area contributed by atoms with Gasteiger partial charge in [0.25, 0.3) is 0 Å². The number of hydrogen-bond acceptors (Lipinski definition) is 2. The molecule has 0 fully saturated rings. The second-order valence-electron chi connectivity index (χ2n) is 5.29. The minimum atomic E-state index is 0.577. The first-order valence-corrected chi connectivity index (χ1v) is 8.02. The topological polar surface area (TPSA) is 12.0 Å². The van der Waals surface area contributed by atoms with E-state index in [1.165, 1.54) is 48.4 Å². The van der Waals surface area contributed by atoms with Gasteiger partial charge in [-0.05, 0) is 55.5 Å². The van der Waals surface area contributed by atoms with Gasteiger partial charge in [-0.15, -0.1) is 11.8 Å². The van der Waals surface area contributed by atoms with E-state index in [1.807, 2.05) is 11.8 Å². The summed E-state index contributed by atoms with van der Waals surface area (Å²) in [5.74, 6) is 2.09. The highest BCUT2D eigenvalue weighted by molar-refractivity contribution is 7.99. The Morgan fingerprint density at radius 1 is 1.17 bits per heavy atom. The number of rotatable bonds is 3. The number of thioether (sulfide) groups is 1. The highest BCUT2D eigenvalue weighted by Gasteiger charge is 2.20. The maximum absolute atomic E-state index is 3.80. The first-order valence-electron chi connectivity index (χ1n) is 7.03. The van der Waals surface area contributed by atoms with Crippen molar-refractivity contribution in [3.05, 3.63) is 42.0 Å². The van der Waals surface area contributed by atoms with Crippen LogP contribution in [0, 0.1) is 5.92 Å². The number of hydrogen-bond donors (Lipinski definition) is 1. The van der Waals surface area contributed by atoms with Crippen LogP contribution in [-0.4, -0.2) is 12.3 Å². The van der Waals surface area contributed by atoms with E-state index in [4.69, 9.17) is 0 Å². The van der Waals surface area contributed by atoms with Crippen molar-refractivity contribution in [3.63, 3.8) is 0 Å². The normalized spacial score (nSPS) is 26.9. The van der Waals surface area contributed by atoms with E-state index in [1.54, 1.807) is 0 Å². The van der Waals surface area contributed by atoms with Crippen LogP contribution < -0.4 is 5.32 Å². The highest BCUT2D eigenvalue weighted by atomic mass is 32.2. The predicted molar refractivity (Wildman–Crippen MR) is 79.0 cm³/mol. The molecule has 2 atom stereocenters. The number of fused-ring (bicyclic) bond motifs is 1. The van der Waals surface area contributed by atoms with Crippen molar-refractivity contribution in [2.24, 2.45) is 5.92 Å². The Labute approximate surface area is 114 Å². The van der Waals surface area contributed by atoms with Crippen molar-refractivity contribution < 1.29 is 0 Å². The molecule has 1 aliphatic heterocycles. The summed E-state index contributed by atoms with van der Waals surface area (Å²) in [6, 6.07) is 9.45. The molecule has 2 unspecified atom stereocenters. The van der Waals surface area contributed by atoms with Crippen LogP contribution in [0.4, 0.5) is 0 Å². The Balaban J connectivity index is 1.62. The van der Waals surface area contributed by atoms with E-state index in [-0.39, 0.29) is 0 Å². The second kappa shape index (κ2) is 5.94. The summed E-state index contributed by atoms with van der Waals surface area (Å²) in [5, 5.41) is 3.80. The van der Waals surface area contributed by atoms with E-state index in [9.17, 15) is 0 Å². The van der Waals surface area contributed by atoms with E-state index in [0.29, 0.717) is 6.04 Å². The fraction of sp³-hybridized carbons (Fsp3) is 0.500. The predicted octanol–water partition coefficient (Wildman–Crippen LogP) is 4.17. The SMILES string of the molecule is C1=CCC(CNC2CCSc3ccccc32)CC1. The zero-order valence-electron chi connectivity index (χ0n) is 10.8. The van der Waals surface area contributed by atoms with Crippen LogP contribution in [-0.2, 0) is 0 Å². The maximum atomic E-state index is 3.80. The largest absolute Gasteiger partial charge is 0.310 e. The van der Waals surface area contributed by atoms with Gasteiger partial charge in [0.05, 0.1) is 0 Å². The van der Waals surface area contributed by atoms with Crippen molar-refractivity contribution in [1.29, 1.82) is 0 Å². The second-order valence-corrected chi connectivity index (χ2v) is 6.42. The van der Waals surface area contributed by atoms with Gasteiger partial charge in [-0.25, -0.2) is 0 Å². The Bertz CT molecular complexity index is 427. The van der Waals surface area contributed by atoms with Gasteiger partial charge in [-0.2, -0.15) is 0 Å². The van der Waals surface area contributed by atoms with Crippen molar-refractivity contribution in [2.45, 2.75) is 36.6 Å². The summed E-state index contributed by atoms with van der Waals surface area (Å²) in [4.78, 5) is 1.48. The molecule has 96 valence electrons. The van der Waals surface area contributed by atoms with Gasteiger partial charge < -0.3 is 5.32 Å². The standard InChI is InChI=1S/C16H21NS/c1-2-6-13(7-3-1)12-17-15-10-11-18-16-9-5-4-8-14(15)16/h1-2,4-5,8-9,13,15,17H,3,6-7,10-12H2. The van der Waals surface area contributed by atoms with Crippen LogP contribution in [0.5, 0.6) is 0 Å². The monoisotopic (exact) mass is 259 g/mol. The molecular formula is C16H21NS. The minimum Gasteiger partial charge on any atom is -0.310 e. The molecule has 0 saturated heterocycles. The first kappa shape index (κ1) is 12.3. The van der Waals surface area contributed by atoms with Gasteiger partial charge in [-0.1, -0.05) is 30.4 Å². The summed E-state index contributed by atoms with van der Waals surface area (Å²) in [7, 11) is 0. The number of nitrogens with one attached hydrogen (secondary N) is 1. The average molecular weight is 259 g/mol. The Morgan fingerprint density at radius 3 is 3.00 bits per heavy atom. The molecule has 1 aliphatic carbocycles. The Morgan fingerprint density at radius 2 is 2.11 bits per heavy atom. The summed E-state index contributed by atoms with van der Waals surface area (Å²) < 4.78 is 0. The molecular weight excluding hydrogens is 238 g/mol. The van der Waals surface area contributed by atoms with Crippen molar-refractivity contribution in [3.8, 4) is 0 Å². The molecule has 1 heterocycles. The van der Waals surface area contributed by atoms with Crippen LogP contribution >= 0.6 is 11.8 Å². The summed E-state index contributed by atoms with van der Waals surface area (Å²) in [5.41, 5.74) is 1.51. The lowest BCUT2D eigenvalue weighted by atomic mass is 9.93. The fourth-order valence-corrected chi connectivity index (χ4v) is 4.03. The van der Waals surface area contributed by atoms with Gasteiger partial charge >= 0.3 is 0 Å². The molecule has 1 nitrogen and oxygen atoms in total. The van der Waals surface area contributed by atoms with E-state index >= 15 is 0 Å². The van der Waals surface area contributed by atoms with Gasteiger partial charge in [0.15, 0.2) is 0 Å². The Kier molecular flexibility index (Phi) is 4.06. The fourth-order valence-electron chi connectivity index (χ4n) is 2.90. The lowest BCUT2D eigenvalue weighted by molar-refractivity contribution is 0.398. The third kappa shape index (κ3) is 2.81. The van der Waals surface area contributed by atoms with E-state index in [2.05, 4.69) is 41.7 Å². The van der Waals surface area contributed by atoms with Gasteiger partial charge in [-0.3, -0.25) is 0 Å². The smallest absolute Gasteiger partial charge is 0.0339 e. The third-order valence-corrected chi connectivity index (χ3v) is 5.11. The number of allylic oxidation sites excluding steroid dienone is 2. The molecule has 1 aromatic carbocycles. The van der Waals surface area contributed by atoms with Crippen LogP contribution in [0.1, 0.15) is 37.3 Å². The molecule has 2 heteroatoms. The third-order valence-electron chi connectivity index (χ3n) is 3.99. The van der Waals surface area contributed by atoms with Gasteiger partial charge in [0.1, 0.15) is 0 Å². The van der Waals surface area contributed by atoms with E-state index < -0.39 is 0 Å². The van der Waals surface area contributed by atoms with Crippen LogP contribution in [0.15, 0.2) is 41.3 Å². The van der Waals surface area contributed by atoms with Crippen molar-refractivity contribution >= 4 is 11.8 Å².